The Bertz CT molecular complexity index is 1380. The smallest absolute Gasteiger partial charge is 0.308 e. The van der Waals surface area contributed by atoms with Crippen LogP contribution in [0.15, 0.2) is 78.4 Å². The fourth-order valence-electron chi connectivity index (χ4n) is 4.48. The molecule has 1 aliphatic rings. The molecule has 0 saturated carbocycles. The Morgan fingerprint density at radius 3 is 2.26 bits per heavy atom. The summed E-state index contributed by atoms with van der Waals surface area (Å²) < 4.78 is 16.2. The maximum Gasteiger partial charge on any atom is 0.308 e. The van der Waals surface area contributed by atoms with E-state index in [9.17, 15) is 19.5 Å². The summed E-state index contributed by atoms with van der Waals surface area (Å²) in [5, 5.41) is 11.4. The highest BCUT2D eigenvalue weighted by molar-refractivity contribution is 6.51. The second kappa shape index (κ2) is 12.3. The van der Waals surface area contributed by atoms with Crippen LogP contribution in [0.25, 0.3) is 5.76 Å². The topological polar surface area (TPSA) is 102 Å². The largest absolute Gasteiger partial charge is 0.507 e. The number of ether oxygens (including phenoxy) is 3. The third-order valence-electron chi connectivity index (χ3n) is 6.37. The molecule has 0 aliphatic carbocycles. The Kier molecular flexibility index (Phi) is 8.66. The van der Waals surface area contributed by atoms with Crippen LogP contribution in [-0.4, -0.2) is 36.5 Å². The summed E-state index contributed by atoms with van der Waals surface area (Å²) in [5.41, 5.74) is 1.22. The molecule has 1 heterocycles. The summed E-state index contributed by atoms with van der Waals surface area (Å²) in [5.74, 6) is -0.956. The molecule has 3 aromatic rings. The lowest BCUT2D eigenvalue weighted by atomic mass is 9.95. The van der Waals surface area contributed by atoms with Crippen molar-refractivity contribution in [1.29, 1.82) is 0 Å². The van der Waals surface area contributed by atoms with Crippen LogP contribution in [0.1, 0.15) is 50.3 Å². The van der Waals surface area contributed by atoms with E-state index in [0.717, 1.165) is 19.3 Å². The van der Waals surface area contributed by atoms with Gasteiger partial charge in [-0.15, -0.1) is 0 Å². The van der Waals surface area contributed by atoms with Gasteiger partial charge in [-0.1, -0.05) is 31.9 Å². The summed E-state index contributed by atoms with van der Waals surface area (Å²) in [7, 11) is 1.53. The molecule has 3 aromatic carbocycles. The average molecular weight is 530 g/mol. The van der Waals surface area contributed by atoms with E-state index in [4.69, 9.17) is 14.2 Å². The predicted molar refractivity (Wildman–Crippen MR) is 147 cm³/mol. The van der Waals surface area contributed by atoms with E-state index < -0.39 is 23.7 Å². The fourth-order valence-corrected chi connectivity index (χ4v) is 4.48. The molecular formula is C31H31NO7. The van der Waals surface area contributed by atoms with Gasteiger partial charge in [0.15, 0.2) is 0 Å². The Hall–Kier alpha value is -4.59. The van der Waals surface area contributed by atoms with E-state index in [0.29, 0.717) is 34.9 Å². The number of methoxy groups -OCH3 is 1. The number of unbranched alkanes of at least 4 members (excludes halogenated alkanes) is 2. The van der Waals surface area contributed by atoms with E-state index in [2.05, 4.69) is 6.92 Å². The number of benzene rings is 3. The van der Waals surface area contributed by atoms with Gasteiger partial charge in [-0.25, -0.2) is 0 Å². The molecule has 1 N–H and O–H groups in total. The molecule has 1 unspecified atom stereocenters. The lowest BCUT2D eigenvalue weighted by Crippen LogP contribution is -2.29. The zero-order chi connectivity index (χ0) is 27.9. The van der Waals surface area contributed by atoms with E-state index in [1.165, 1.54) is 18.9 Å². The van der Waals surface area contributed by atoms with Crippen LogP contribution in [0.5, 0.6) is 17.2 Å². The number of ketones is 1. The molecule has 8 heteroatoms. The van der Waals surface area contributed by atoms with Gasteiger partial charge in [-0.2, -0.15) is 0 Å². The molecule has 1 saturated heterocycles. The van der Waals surface area contributed by atoms with Gasteiger partial charge in [-0.3, -0.25) is 19.3 Å². The van der Waals surface area contributed by atoms with Gasteiger partial charge in [0.1, 0.15) is 23.0 Å². The van der Waals surface area contributed by atoms with Crippen LogP contribution in [-0.2, 0) is 14.4 Å². The molecular weight excluding hydrogens is 498 g/mol. The van der Waals surface area contributed by atoms with Crippen molar-refractivity contribution in [2.24, 2.45) is 0 Å². The van der Waals surface area contributed by atoms with Crippen LogP contribution >= 0.6 is 0 Å². The zero-order valence-corrected chi connectivity index (χ0v) is 22.2. The molecule has 1 aliphatic heterocycles. The Morgan fingerprint density at radius 1 is 0.923 bits per heavy atom. The highest BCUT2D eigenvalue weighted by Crippen LogP contribution is 2.43. The second-order valence-electron chi connectivity index (χ2n) is 9.11. The highest BCUT2D eigenvalue weighted by atomic mass is 16.5. The number of amides is 1. The zero-order valence-electron chi connectivity index (χ0n) is 22.2. The van der Waals surface area contributed by atoms with Crippen molar-refractivity contribution in [2.75, 3.05) is 18.6 Å². The summed E-state index contributed by atoms with van der Waals surface area (Å²) in [6.07, 6.45) is 3.11. The van der Waals surface area contributed by atoms with Crippen LogP contribution in [0.2, 0.25) is 0 Å². The quantitative estimate of drug-likeness (QED) is 0.0882. The third kappa shape index (κ3) is 6.12. The number of hydrogen-bond donors (Lipinski definition) is 1. The fraction of sp³-hybridized carbons (Fsp3) is 0.258. The van der Waals surface area contributed by atoms with Crippen LogP contribution in [0.4, 0.5) is 5.69 Å². The first-order chi connectivity index (χ1) is 18.8. The number of carbonyl (C=O) groups is 3. The minimum atomic E-state index is -0.973. The van der Waals surface area contributed by atoms with Gasteiger partial charge < -0.3 is 19.3 Å². The molecule has 0 bridgehead atoms. The predicted octanol–water partition coefficient (Wildman–Crippen LogP) is 5.82. The number of Topliss-reactive ketones (excluding diaryl/α,β-unsaturated/α-hetero) is 1. The van der Waals surface area contributed by atoms with Crippen molar-refractivity contribution in [2.45, 2.75) is 39.2 Å². The van der Waals surface area contributed by atoms with Crippen LogP contribution in [0, 0.1) is 0 Å². The molecule has 1 fully saturated rings. The molecule has 1 atom stereocenters. The van der Waals surface area contributed by atoms with Crippen molar-refractivity contribution < 1.29 is 33.7 Å². The summed E-state index contributed by atoms with van der Waals surface area (Å²) in [4.78, 5) is 39.7. The number of esters is 1. The second-order valence-corrected chi connectivity index (χ2v) is 9.11. The van der Waals surface area contributed by atoms with Gasteiger partial charge in [-0.05, 0) is 72.6 Å². The first-order valence-corrected chi connectivity index (χ1v) is 12.8. The molecule has 39 heavy (non-hydrogen) atoms. The average Bonchev–Trinajstić information content (AvgIpc) is 3.21. The van der Waals surface area contributed by atoms with Crippen molar-refractivity contribution in [1.82, 2.24) is 0 Å². The van der Waals surface area contributed by atoms with Crippen molar-refractivity contribution >= 4 is 29.1 Å². The monoisotopic (exact) mass is 529 g/mol. The minimum Gasteiger partial charge on any atom is -0.507 e. The van der Waals surface area contributed by atoms with E-state index in [1.54, 1.807) is 72.8 Å². The van der Waals surface area contributed by atoms with Gasteiger partial charge in [0.25, 0.3) is 11.7 Å². The first-order valence-electron chi connectivity index (χ1n) is 12.8. The third-order valence-corrected chi connectivity index (χ3v) is 6.37. The number of anilines is 1. The van der Waals surface area contributed by atoms with E-state index in [1.807, 2.05) is 0 Å². The Balaban J connectivity index is 1.78. The molecule has 4 rings (SSSR count). The van der Waals surface area contributed by atoms with Crippen molar-refractivity contribution in [3.8, 4) is 17.2 Å². The molecule has 202 valence electrons. The van der Waals surface area contributed by atoms with Gasteiger partial charge in [0, 0.05) is 18.2 Å². The first kappa shape index (κ1) is 27.4. The Morgan fingerprint density at radius 2 is 1.62 bits per heavy atom. The van der Waals surface area contributed by atoms with Crippen LogP contribution in [0.3, 0.4) is 0 Å². The van der Waals surface area contributed by atoms with Crippen molar-refractivity contribution in [3.05, 3.63) is 89.5 Å². The number of aliphatic hydroxyl groups is 1. The molecule has 0 radical (unpaired) electrons. The number of hydrogen-bond acceptors (Lipinski definition) is 7. The maximum atomic E-state index is 13.4. The number of nitrogens with zero attached hydrogens (tertiary/aromatic N) is 1. The minimum absolute atomic E-state index is 0.0765. The van der Waals surface area contributed by atoms with Crippen LogP contribution < -0.4 is 19.1 Å². The van der Waals surface area contributed by atoms with E-state index >= 15 is 0 Å². The summed E-state index contributed by atoms with van der Waals surface area (Å²) in [6, 6.07) is 19.0. The van der Waals surface area contributed by atoms with E-state index in [-0.39, 0.29) is 17.1 Å². The standard InChI is InChI=1S/C31H31NO7/c1-4-5-6-18-38-25-14-10-21(11-15-25)29(34)27-28(22-8-7-9-26(19-22)39-20(2)33)32(31(36)30(27)35)23-12-16-24(37-3)17-13-23/h7-17,19,28,34H,4-6,18H2,1-3H3/b29-27-. The summed E-state index contributed by atoms with van der Waals surface area (Å²) >= 11 is 0. The lowest BCUT2D eigenvalue weighted by Gasteiger charge is -2.26. The Labute approximate surface area is 227 Å². The van der Waals surface area contributed by atoms with Gasteiger partial charge >= 0.3 is 5.97 Å². The number of rotatable bonds is 10. The molecule has 0 aromatic heterocycles. The lowest BCUT2D eigenvalue weighted by molar-refractivity contribution is -0.132. The van der Waals surface area contributed by atoms with Gasteiger partial charge in [0.2, 0.25) is 0 Å². The molecule has 8 nitrogen and oxygen atoms in total. The number of aliphatic hydroxyl groups excluding tert-OH is 1. The SMILES string of the molecule is CCCCCOc1ccc(/C(O)=C2/C(=O)C(=O)N(c3ccc(OC)cc3)C2c2cccc(OC(C)=O)c2)cc1. The molecule has 1 amide bonds. The maximum absolute atomic E-state index is 13.4. The van der Waals surface area contributed by atoms with Crippen molar-refractivity contribution in [3.63, 3.8) is 0 Å². The molecule has 0 spiro atoms. The normalized spacial score (nSPS) is 16.3. The highest BCUT2D eigenvalue weighted by Gasteiger charge is 2.47. The number of carbonyl (C=O) groups excluding carboxylic acids is 3. The summed E-state index contributed by atoms with van der Waals surface area (Å²) in [6.45, 7) is 3.99. The van der Waals surface area contributed by atoms with Gasteiger partial charge in [0.05, 0.1) is 25.3 Å².